The fourth-order valence-corrected chi connectivity index (χ4v) is 2.40. The molecule has 5 nitrogen and oxygen atoms in total. The number of hydrogen-bond donors (Lipinski definition) is 0. The number of hydrogen-bond acceptors (Lipinski definition) is 5. The lowest BCUT2D eigenvalue weighted by atomic mass is 9.79. The third-order valence-corrected chi connectivity index (χ3v) is 4.54. The summed E-state index contributed by atoms with van der Waals surface area (Å²) < 4.78 is 22.5. The van der Waals surface area contributed by atoms with Gasteiger partial charge < -0.3 is 18.8 Å². The molecule has 0 atom stereocenters. The number of ether oxygens (including phenoxy) is 2. The summed E-state index contributed by atoms with van der Waals surface area (Å²) in [6, 6.07) is 7.67. The van der Waals surface area contributed by atoms with Crippen molar-refractivity contribution in [1.82, 2.24) is 0 Å². The van der Waals surface area contributed by atoms with Crippen molar-refractivity contribution in [2.75, 3.05) is 13.2 Å². The van der Waals surface area contributed by atoms with Crippen LogP contribution in [0.15, 0.2) is 30.0 Å². The molecule has 136 valence electrons. The summed E-state index contributed by atoms with van der Waals surface area (Å²) in [4.78, 5) is 11.9. The smallest absolute Gasteiger partial charge is 0.487 e. The Kier molecular flexibility index (Phi) is 5.96. The van der Waals surface area contributed by atoms with Gasteiger partial charge in [-0.05, 0) is 58.6 Å². The summed E-state index contributed by atoms with van der Waals surface area (Å²) >= 11 is 0. The minimum absolute atomic E-state index is 0.202. The van der Waals surface area contributed by atoms with Gasteiger partial charge in [0.1, 0.15) is 0 Å². The van der Waals surface area contributed by atoms with E-state index in [0.717, 1.165) is 11.0 Å². The normalized spacial score (nSPS) is 19.0. The standard InChI is InChI=1S/C19H27BO5/c1-7-22-16(17(21)23-8-2)13-14-9-11-15(12-10-14)20-24-18(3,4)19(5,6)25-20/h9-13H,7-8H2,1-6H3/b16-13-. The van der Waals surface area contributed by atoms with Gasteiger partial charge >= 0.3 is 13.1 Å². The molecule has 2 rings (SSSR count). The number of carbonyl (C=O) groups excluding carboxylic acids is 1. The fraction of sp³-hybridized carbons (Fsp3) is 0.526. The lowest BCUT2D eigenvalue weighted by Crippen LogP contribution is -2.41. The van der Waals surface area contributed by atoms with Gasteiger partial charge in [0, 0.05) is 0 Å². The Morgan fingerprint density at radius 2 is 1.52 bits per heavy atom. The zero-order valence-electron chi connectivity index (χ0n) is 15.9. The lowest BCUT2D eigenvalue weighted by Gasteiger charge is -2.32. The molecule has 0 N–H and O–H groups in total. The van der Waals surface area contributed by atoms with Crippen molar-refractivity contribution in [2.45, 2.75) is 52.7 Å². The molecular formula is C19H27BO5. The van der Waals surface area contributed by atoms with Gasteiger partial charge in [0.25, 0.3) is 0 Å². The summed E-state index contributed by atoms with van der Waals surface area (Å²) in [5.74, 6) is -0.257. The van der Waals surface area contributed by atoms with E-state index in [9.17, 15) is 4.79 Å². The van der Waals surface area contributed by atoms with E-state index < -0.39 is 13.1 Å². The molecule has 1 fully saturated rings. The van der Waals surface area contributed by atoms with Crippen molar-refractivity contribution in [3.63, 3.8) is 0 Å². The van der Waals surface area contributed by atoms with Crippen LogP contribution in [0.2, 0.25) is 0 Å². The molecule has 0 saturated carbocycles. The van der Waals surface area contributed by atoms with Crippen molar-refractivity contribution >= 4 is 24.6 Å². The van der Waals surface area contributed by atoms with Gasteiger partial charge in [-0.15, -0.1) is 0 Å². The van der Waals surface area contributed by atoms with Crippen LogP contribution in [0.1, 0.15) is 47.1 Å². The largest absolute Gasteiger partial charge is 0.494 e. The second-order valence-electron chi connectivity index (χ2n) is 6.92. The Hall–Kier alpha value is -1.79. The Morgan fingerprint density at radius 1 is 1.00 bits per heavy atom. The molecular weight excluding hydrogens is 319 g/mol. The van der Waals surface area contributed by atoms with Crippen molar-refractivity contribution in [1.29, 1.82) is 0 Å². The minimum Gasteiger partial charge on any atom is -0.487 e. The summed E-state index contributed by atoms with van der Waals surface area (Å²) in [6.07, 6.45) is 1.68. The summed E-state index contributed by atoms with van der Waals surface area (Å²) in [6.45, 7) is 12.4. The van der Waals surface area contributed by atoms with E-state index in [1.54, 1.807) is 13.0 Å². The van der Waals surface area contributed by atoms with Crippen LogP contribution in [-0.4, -0.2) is 37.5 Å². The number of benzene rings is 1. The first kappa shape index (κ1) is 19.5. The average Bonchev–Trinajstić information content (AvgIpc) is 2.76. The Labute approximate surface area is 150 Å². The van der Waals surface area contributed by atoms with Gasteiger partial charge in [0.15, 0.2) is 0 Å². The molecule has 0 spiro atoms. The van der Waals surface area contributed by atoms with E-state index >= 15 is 0 Å². The lowest BCUT2D eigenvalue weighted by molar-refractivity contribution is -0.142. The number of carbonyl (C=O) groups is 1. The molecule has 0 bridgehead atoms. The Balaban J connectivity index is 2.17. The predicted molar refractivity (Wildman–Crippen MR) is 98.4 cm³/mol. The third-order valence-electron chi connectivity index (χ3n) is 4.54. The van der Waals surface area contributed by atoms with E-state index in [4.69, 9.17) is 18.8 Å². The Bertz CT molecular complexity index is 618. The van der Waals surface area contributed by atoms with Crippen LogP contribution in [0, 0.1) is 0 Å². The second kappa shape index (κ2) is 7.62. The molecule has 0 radical (unpaired) electrons. The fourth-order valence-electron chi connectivity index (χ4n) is 2.40. The van der Waals surface area contributed by atoms with Crippen LogP contribution >= 0.6 is 0 Å². The molecule has 0 amide bonds. The first-order valence-corrected chi connectivity index (χ1v) is 8.67. The maximum atomic E-state index is 11.9. The molecule has 6 heteroatoms. The molecule has 0 unspecified atom stereocenters. The highest BCUT2D eigenvalue weighted by Gasteiger charge is 2.51. The monoisotopic (exact) mass is 346 g/mol. The van der Waals surface area contributed by atoms with Gasteiger partial charge in [-0.3, -0.25) is 0 Å². The van der Waals surface area contributed by atoms with Gasteiger partial charge in [-0.25, -0.2) is 4.79 Å². The highest BCUT2D eigenvalue weighted by molar-refractivity contribution is 6.62. The summed E-state index contributed by atoms with van der Waals surface area (Å²) in [5.41, 5.74) is 1.03. The zero-order chi connectivity index (χ0) is 18.7. The van der Waals surface area contributed by atoms with Crippen molar-refractivity contribution in [3.05, 3.63) is 35.6 Å². The van der Waals surface area contributed by atoms with Gasteiger partial charge in [-0.1, -0.05) is 24.3 Å². The summed E-state index contributed by atoms with van der Waals surface area (Å²) in [7, 11) is -0.403. The van der Waals surface area contributed by atoms with Crippen LogP contribution in [-0.2, 0) is 23.6 Å². The molecule has 0 aliphatic carbocycles. The molecule has 0 aromatic heterocycles. The maximum absolute atomic E-state index is 11.9. The number of rotatable bonds is 6. The molecule has 1 aromatic rings. The van der Waals surface area contributed by atoms with Crippen LogP contribution in [0.4, 0.5) is 0 Å². The highest BCUT2D eigenvalue weighted by atomic mass is 16.7. The highest BCUT2D eigenvalue weighted by Crippen LogP contribution is 2.36. The van der Waals surface area contributed by atoms with E-state index in [2.05, 4.69) is 0 Å². The quantitative estimate of drug-likeness (QED) is 0.343. The molecule has 1 heterocycles. The van der Waals surface area contributed by atoms with E-state index in [1.165, 1.54) is 0 Å². The Morgan fingerprint density at radius 3 is 2.00 bits per heavy atom. The first-order chi connectivity index (χ1) is 11.7. The van der Waals surface area contributed by atoms with Crippen molar-refractivity contribution in [2.24, 2.45) is 0 Å². The topological polar surface area (TPSA) is 54.0 Å². The van der Waals surface area contributed by atoms with E-state index in [1.807, 2.05) is 58.9 Å². The maximum Gasteiger partial charge on any atom is 0.494 e. The molecule has 25 heavy (non-hydrogen) atoms. The van der Waals surface area contributed by atoms with Gasteiger partial charge in [0.2, 0.25) is 5.76 Å². The summed E-state index contributed by atoms with van der Waals surface area (Å²) in [5, 5.41) is 0. The molecule has 1 aromatic carbocycles. The van der Waals surface area contributed by atoms with Gasteiger partial charge in [-0.2, -0.15) is 0 Å². The second-order valence-corrected chi connectivity index (χ2v) is 6.92. The van der Waals surface area contributed by atoms with E-state index in [-0.39, 0.29) is 17.0 Å². The van der Waals surface area contributed by atoms with Crippen LogP contribution < -0.4 is 5.46 Å². The van der Waals surface area contributed by atoms with Crippen LogP contribution in [0.25, 0.3) is 6.08 Å². The van der Waals surface area contributed by atoms with E-state index in [0.29, 0.717) is 13.2 Å². The molecule has 1 aliphatic heterocycles. The number of esters is 1. The first-order valence-electron chi connectivity index (χ1n) is 8.67. The predicted octanol–water partition coefficient (Wildman–Crippen LogP) is 2.93. The molecule has 1 saturated heterocycles. The molecule has 1 aliphatic rings. The van der Waals surface area contributed by atoms with Crippen LogP contribution in [0.3, 0.4) is 0 Å². The third kappa shape index (κ3) is 4.44. The van der Waals surface area contributed by atoms with Crippen molar-refractivity contribution < 1.29 is 23.6 Å². The minimum atomic E-state index is -0.459. The SMILES string of the molecule is CCOC(=O)/C(=C/c1ccc(B2OC(C)(C)C(C)(C)O2)cc1)OCC. The zero-order valence-corrected chi connectivity index (χ0v) is 15.9. The van der Waals surface area contributed by atoms with Crippen LogP contribution in [0.5, 0.6) is 0 Å². The van der Waals surface area contributed by atoms with Gasteiger partial charge in [0.05, 0.1) is 24.4 Å². The average molecular weight is 346 g/mol. The van der Waals surface area contributed by atoms with Crippen molar-refractivity contribution in [3.8, 4) is 0 Å².